The molecule has 0 N–H and O–H groups in total. The van der Waals surface area contributed by atoms with Crippen LogP contribution in [0.1, 0.15) is 17.0 Å². The topological polar surface area (TPSA) is 78.4 Å². The van der Waals surface area contributed by atoms with Crippen molar-refractivity contribution in [2.45, 2.75) is 6.92 Å². The van der Waals surface area contributed by atoms with Crippen LogP contribution in [-0.4, -0.2) is 17.2 Å². The van der Waals surface area contributed by atoms with Crippen LogP contribution in [0.25, 0.3) is 12.2 Å². The Morgan fingerprint density at radius 3 is 2.58 bits per heavy atom. The van der Waals surface area contributed by atoms with Crippen molar-refractivity contribution in [2.75, 3.05) is 7.11 Å². The van der Waals surface area contributed by atoms with E-state index in [4.69, 9.17) is 9.26 Å². The zero-order valence-corrected chi connectivity index (χ0v) is 10.5. The molecule has 1 heterocycles. The average molecular weight is 260 g/mol. The van der Waals surface area contributed by atoms with Crippen LogP contribution in [0.4, 0.5) is 5.69 Å². The minimum Gasteiger partial charge on any atom is -0.497 e. The standard InChI is InChI=1S/C13H12N2O4/c1-9-13(15(16)17)12(14-19-9)8-5-10-3-6-11(18-2)7-4-10/h3-8H,1-2H3/b8-5+. The summed E-state index contributed by atoms with van der Waals surface area (Å²) in [7, 11) is 1.59. The fourth-order valence-electron chi connectivity index (χ4n) is 1.61. The molecule has 98 valence electrons. The Bertz CT molecular complexity index is 614. The fraction of sp³-hybridized carbons (Fsp3) is 0.154. The van der Waals surface area contributed by atoms with Gasteiger partial charge in [0.1, 0.15) is 5.75 Å². The molecule has 19 heavy (non-hydrogen) atoms. The fourth-order valence-corrected chi connectivity index (χ4v) is 1.61. The van der Waals surface area contributed by atoms with E-state index in [0.717, 1.165) is 11.3 Å². The second kappa shape index (κ2) is 5.34. The van der Waals surface area contributed by atoms with Crippen molar-refractivity contribution in [3.8, 4) is 5.75 Å². The molecule has 0 aliphatic heterocycles. The zero-order valence-electron chi connectivity index (χ0n) is 10.5. The Balaban J connectivity index is 2.24. The largest absolute Gasteiger partial charge is 0.497 e. The summed E-state index contributed by atoms with van der Waals surface area (Å²) >= 11 is 0. The van der Waals surface area contributed by atoms with Gasteiger partial charge in [-0.2, -0.15) is 0 Å². The molecular weight excluding hydrogens is 248 g/mol. The molecule has 1 aromatic carbocycles. The van der Waals surface area contributed by atoms with E-state index < -0.39 is 4.92 Å². The third kappa shape index (κ3) is 2.79. The van der Waals surface area contributed by atoms with Crippen molar-refractivity contribution in [3.05, 3.63) is 51.4 Å². The van der Waals surface area contributed by atoms with Crippen LogP contribution < -0.4 is 4.74 Å². The van der Waals surface area contributed by atoms with E-state index in [2.05, 4.69) is 5.16 Å². The number of hydrogen-bond donors (Lipinski definition) is 0. The summed E-state index contributed by atoms with van der Waals surface area (Å²) in [5.41, 5.74) is 0.985. The molecule has 6 nitrogen and oxygen atoms in total. The molecule has 2 aromatic rings. The van der Waals surface area contributed by atoms with E-state index in [1.807, 2.05) is 24.3 Å². The molecule has 2 rings (SSSR count). The Morgan fingerprint density at radius 2 is 2.00 bits per heavy atom. The smallest absolute Gasteiger partial charge is 0.338 e. The summed E-state index contributed by atoms with van der Waals surface area (Å²) in [6.45, 7) is 1.51. The number of benzene rings is 1. The summed E-state index contributed by atoms with van der Waals surface area (Å²) in [5, 5.41) is 14.5. The molecule has 0 saturated heterocycles. The van der Waals surface area contributed by atoms with E-state index in [9.17, 15) is 10.1 Å². The summed E-state index contributed by atoms with van der Waals surface area (Å²) in [4.78, 5) is 10.4. The van der Waals surface area contributed by atoms with Crippen LogP contribution >= 0.6 is 0 Å². The lowest BCUT2D eigenvalue weighted by molar-refractivity contribution is -0.386. The van der Waals surface area contributed by atoms with E-state index in [1.165, 1.54) is 6.92 Å². The van der Waals surface area contributed by atoms with Crippen LogP contribution in [0.3, 0.4) is 0 Å². The Morgan fingerprint density at radius 1 is 1.32 bits per heavy atom. The van der Waals surface area contributed by atoms with Gasteiger partial charge in [0.2, 0.25) is 5.76 Å². The molecule has 0 amide bonds. The SMILES string of the molecule is COc1ccc(/C=C/c2noc(C)c2[N+](=O)[O-])cc1. The van der Waals surface area contributed by atoms with Gasteiger partial charge in [0.15, 0.2) is 5.69 Å². The maximum atomic E-state index is 10.9. The van der Waals surface area contributed by atoms with Crippen LogP contribution in [0.5, 0.6) is 5.75 Å². The third-order valence-electron chi connectivity index (χ3n) is 2.59. The number of ether oxygens (including phenoxy) is 1. The zero-order chi connectivity index (χ0) is 13.8. The Hall–Kier alpha value is -2.63. The number of nitro groups is 1. The summed E-state index contributed by atoms with van der Waals surface area (Å²) < 4.78 is 9.86. The van der Waals surface area contributed by atoms with E-state index in [1.54, 1.807) is 19.3 Å². The molecule has 6 heteroatoms. The van der Waals surface area contributed by atoms with Gasteiger partial charge in [-0.05, 0) is 23.8 Å². The van der Waals surface area contributed by atoms with Crippen molar-refractivity contribution in [3.63, 3.8) is 0 Å². The van der Waals surface area contributed by atoms with Crippen LogP contribution in [0, 0.1) is 17.0 Å². The molecule has 0 atom stereocenters. The molecule has 0 bridgehead atoms. The molecular formula is C13H12N2O4. The molecule has 0 saturated carbocycles. The first-order chi connectivity index (χ1) is 9.11. The summed E-state index contributed by atoms with van der Waals surface area (Å²) in [6, 6.07) is 7.30. The van der Waals surface area contributed by atoms with Crippen molar-refractivity contribution < 1.29 is 14.2 Å². The second-order valence-corrected chi connectivity index (χ2v) is 3.84. The van der Waals surface area contributed by atoms with Gasteiger partial charge in [0, 0.05) is 6.92 Å². The monoisotopic (exact) mass is 260 g/mol. The molecule has 0 radical (unpaired) electrons. The first-order valence-electron chi connectivity index (χ1n) is 5.54. The average Bonchev–Trinajstić information content (AvgIpc) is 2.78. The van der Waals surface area contributed by atoms with Gasteiger partial charge < -0.3 is 9.26 Å². The minimum absolute atomic E-state index is 0.107. The van der Waals surface area contributed by atoms with Crippen LogP contribution in [0.15, 0.2) is 28.8 Å². The molecule has 0 spiro atoms. The summed E-state index contributed by atoms with van der Waals surface area (Å²) in [5.74, 6) is 0.944. The van der Waals surface area contributed by atoms with Gasteiger partial charge in [0.25, 0.3) is 0 Å². The highest BCUT2D eigenvalue weighted by Gasteiger charge is 2.21. The van der Waals surface area contributed by atoms with Gasteiger partial charge in [-0.3, -0.25) is 10.1 Å². The second-order valence-electron chi connectivity index (χ2n) is 3.84. The van der Waals surface area contributed by atoms with E-state index in [-0.39, 0.29) is 17.1 Å². The normalized spacial score (nSPS) is 10.8. The maximum absolute atomic E-state index is 10.9. The molecule has 1 aromatic heterocycles. The number of aromatic nitrogens is 1. The van der Waals surface area contributed by atoms with Crippen molar-refractivity contribution in [1.29, 1.82) is 0 Å². The van der Waals surface area contributed by atoms with Crippen molar-refractivity contribution in [1.82, 2.24) is 5.16 Å². The van der Waals surface area contributed by atoms with E-state index in [0.29, 0.717) is 0 Å². The Kier molecular flexibility index (Phi) is 3.61. The van der Waals surface area contributed by atoms with E-state index >= 15 is 0 Å². The predicted octanol–water partition coefficient (Wildman–Crippen LogP) is 3.07. The number of hydrogen-bond acceptors (Lipinski definition) is 5. The van der Waals surface area contributed by atoms with Crippen molar-refractivity contribution in [2.24, 2.45) is 0 Å². The van der Waals surface area contributed by atoms with Gasteiger partial charge in [0.05, 0.1) is 12.0 Å². The van der Waals surface area contributed by atoms with Crippen LogP contribution in [-0.2, 0) is 0 Å². The number of methoxy groups -OCH3 is 1. The molecule has 0 fully saturated rings. The van der Waals surface area contributed by atoms with Gasteiger partial charge >= 0.3 is 5.69 Å². The molecule has 0 aliphatic rings. The molecule has 0 unspecified atom stereocenters. The van der Waals surface area contributed by atoms with Crippen LogP contribution in [0.2, 0.25) is 0 Å². The first-order valence-corrected chi connectivity index (χ1v) is 5.54. The minimum atomic E-state index is -0.500. The summed E-state index contributed by atoms with van der Waals surface area (Å²) in [6.07, 6.45) is 3.28. The van der Waals surface area contributed by atoms with Gasteiger partial charge in [-0.15, -0.1) is 0 Å². The number of aryl methyl sites for hydroxylation is 1. The lowest BCUT2D eigenvalue weighted by Crippen LogP contribution is -1.90. The van der Waals surface area contributed by atoms with Gasteiger partial charge in [-0.1, -0.05) is 23.4 Å². The maximum Gasteiger partial charge on any atom is 0.338 e. The first kappa shape index (κ1) is 12.8. The quantitative estimate of drug-likeness (QED) is 0.623. The lowest BCUT2D eigenvalue weighted by atomic mass is 10.2. The Labute approximate surface area is 109 Å². The third-order valence-corrected chi connectivity index (χ3v) is 2.59. The number of rotatable bonds is 4. The lowest BCUT2D eigenvalue weighted by Gasteiger charge is -1.98. The molecule has 0 aliphatic carbocycles. The number of nitrogens with zero attached hydrogens (tertiary/aromatic N) is 2. The van der Waals surface area contributed by atoms with Gasteiger partial charge in [-0.25, -0.2) is 0 Å². The highest BCUT2D eigenvalue weighted by atomic mass is 16.6. The highest BCUT2D eigenvalue weighted by molar-refractivity contribution is 5.72. The van der Waals surface area contributed by atoms with Crippen molar-refractivity contribution >= 4 is 17.8 Å². The predicted molar refractivity (Wildman–Crippen MR) is 69.8 cm³/mol. The highest BCUT2D eigenvalue weighted by Crippen LogP contribution is 2.24.